The highest BCUT2D eigenvalue weighted by molar-refractivity contribution is 6.18. The predicted octanol–water partition coefficient (Wildman–Crippen LogP) is 2.14. The second-order valence-electron chi connectivity index (χ2n) is 5.14. The van der Waals surface area contributed by atoms with Crippen molar-refractivity contribution in [2.75, 3.05) is 5.88 Å². The second-order valence-corrected chi connectivity index (χ2v) is 5.45. The fourth-order valence-corrected chi connectivity index (χ4v) is 1.44. The minimum Gasteiger partial charge on any atom is -0.444 e. The molecule has 96 valence electrons. The maximum absolute atomic E-state index is 11.5. The van der Waals surface area contributed by atoms with E-state index in [0.29, 0.717) is 0 Å². The highest BCUT2D eigenvalue weighted by Gasteiger charge is 2.26. The van der Waals surface area contributed by atoms with Crippen molar-refractivity contribution in [3.8, 4) is 0 Å². The molecule has 0 fully saturated rings. The van der Waals surface area contributed by atoms with E-state index in [-0.39, 0.29) is 11.8 Å². The van der Waals surface area contributed by atoms with Crippen LogP contribution in [-0.4, -0.2) is 34.8 Å². The molecular weight excluding hydrogens is 230 g/mol. The molecule has 0 aromatic carbocycles. The van der Waals surface area contributed by atoms with Crippen molar-refractivity contribution in [1.82, 2.24) is 5.32 Å². The van der Waals surface area contributed by atoms with E-state index in [4.69, 9.17) is 16.3 Å². The fraction of sp³-hybridized carbons (Fsp3) is 0.909. The van der Waals surface area contributed by atoms with Gasteiger partial charge in [0.15, 0.2) is 0 Å². The predicted molar refractivity (Wildman–Crippen MR) is 64.7 cm³/mol. The third kappa shape index (κ3) is 6.18. The standard InChI is InChI=1S/C11H22ClNO3/c1-7(2)9(8(14)6-12)13-10(15)16-11(3,4)5/h7-9,14H,6H2,1-5H3,(H,13,15)/t8?,9-/m0/s1. The van der Waals surface area contributed by atoms with Crippen LogP contribution in [0.5, 0.6) is 0 Å². The Bertz CT molecular complexity index is 226. The Morgan fingerprint density at radius 1 is 1.44 bits per heavy atom. The van der Waals surface area contributed by atoms with Gasteiger partial charge in [-0.25, -0.2) is 4.79 Å². The molecule has 1 amide bonds. The van der Waals surface area contributed by atoms with Gasteiger partial charge in [-0.3, -0.25) is 0 Å². The molecular formula is C11H22ClNO3. The summed E-state index contributed by atoms with van der Waals surface area (Å²) in [4.78, 5) is 11.5. The molecule has 0 aromatic heterocycles. The van der Waals surface area contributed by atoms with Crippen LogP contribution in [0.4, 0.5) is 4.79 Å². The van der Waals surface area contributed by atoms with Crippen LogP contribution in [0.25, 0.3) is 0 Å². The zero-order valence-corrected chi connectivity index (χ0v) is 11.3. The SMILES string of the molecule is CC(C)[C@H](NC(=O)OC(C)(C)C)C(O)CCl. The number of hydrogen-bond acceptors (Lipinski definition) is 3. The number of alkyl halides is 1. The molecule has 0 rings (SSSR count). The summed E-state index contributed by atoms with van der Waals surface area (Å²) in [6.45, 7) is 9.16. The van der Waals surface area contributed by atoms with Gasteiger partial charge in [-0.2, -0.15) is 0 Å². The summed E-state index contributed by atoms with van der Waals surface area (Å²) < 4.78 is 5.11. The Morgan fingerprint density at radius 3 is 2.25 bits per heavy atom. The third-order valence-electron chi connectivity index (χ3n) is 1.97. The molecule has 0 aromatic rings. The van der Waals surface area contributed by atoms with Crippen molar-refractivity contribution in [2.45, 2.75) is 52.4 Å². The molecule has 16 heavy (non-hydrogen) atoms. The van der Waals surface area contributed by atoms with Crippen molar-refractivity contribution in [1.29, 1.82) is 0 Å². The molecule has 5 heteroatoms. The van der Waals surface area contributed by atoms with Gasteiger partial charge in [0.05, 0.1) is 18.0 Å². The smallest absolute Gasteiger partial charge is 0.407 e. The van der Waals surface area contributed by atoms with Gasteiger partial charge in [-0.05, 0) is 26.7 Å². The van der Waals surface area contributed by atoms with Crippen LogP contribution in [0, 0.1) is 5.92 Å². The van der Waals surface area contributed by atoms with Crippen molar-refractivity contribution < 1.29 is 14.6 Å². The number of aliphatic hydroxyl groups excluding tert-OH is 1. The van der Waals surface area contributed by atoms with E-state index in [9.17, 15) is 9.90 Å². The summed E-state index contributed by atoms with van der Waals surface area (Å²) >= 11 is 5.57. The molecule has 0 spiro atoms. The van der Waals surface area contributed by atoms with Crippen molar-refractivity contribution >= 4 is 17.7 Å². The van der Waals surface area contributed by atoms with E-state index in [1.807, 2.05) is 13.8 Å². The molecule has 0 heterocycles. The van der Waals surface area contributed by atoms with E-state index in [1.54, 1.807) is 20.8 Å². The molecule has 4 nitrogen and oxygen atoms in total. The third-order valence-corrected chi connectivity index (χ3v) is 2.29. The van der Waals surface area contributed by atoms with Crippen LogP contribution in [0.15, 0.2) is 0 Å². The van der Waals surface area contributed by atoms with Crippen LogP contribution < -0.4 is 5.32 Å². The molecule has 2 N–H and O–H groups in total. The lowest BCUT2D eigenvalue weighted by Crippen LogP contribution is -2.49. The van der Waals surface area contributed by atoms with Crippen LogP contribution in [0.3, 0.4) is 0 Å². The number of halogens is 1. The number of carbonyl (C=O) groups excluding carboxylic acids is 1. The zero-order valence-electron chi connectivity index (χ0n) is 10.6. The molecule has 2 atom stereocenters. The second kappa shape index (κ2) is 6.30. The number of aliphatic hydroxyl groups is 1. The van der Waals surface area contributed by atoms with E-state index < -0.39 is 23.8 Å². The molecule has 0 radical (unpaired) electrons. The maximum atomic E-state index is 11.5. The van der Waals surface area contributed by atoms with Crippen molar-refractivity contribution in [3.63, 3.8) is 0 Å². The molecule has 0 aliphatic rings. The Morgan fingerprint density at radius 2 is 1.94 bits per heavy atom. The van der Waals surface area contributed by atoms with Crippen LogP contribution in [-0.2, 0) is 4.74 Å². The van der Waals surface area contributed by atoms with Crippen molar-refractivity contribution in [2.24, 2.45) is 5.92 Å². The largest absolute Gasteiger partial charge is 0.444 e. The fourth-order valence-electron chi connectivity index (χ4n) is 1.25. The number of alkyl carbamates (subject to hydrolysis) is 1. The van der Waals surface area contributed by atoms with Gasteiger partial charge >= 0.3 is 6.09 Å². The minimum atomic E-state index is -0.769. The molecule has 0 bridgehead atoms. The summed E-state index contributed by atoms with van der Waals surface area (Å²) in [6, 6.07) is -0.396. The number of rotatable bonds is 4. The highest BCUT2D eigenvalue weighted by Crippen LogP contribution is 2.11. The number of ether oxygens (including phenoxy) is 1. The van der Waals surface area contributed by atoms with Crippen molar-refractivity contribution in [3.05, 3.63) is 0 Å². The summed E-state index contributed by atoms with van der Waals surface area (Å²) in [7, 11) is 0. The Hall–Kier alpha value is -0.480. The number of carbonyl (C=O) groups is 1. The van der Waals surface area contributed by atoms with Gasteiger partial charge in [0, 0.05) is 0 Å². The Kier molecular flexibility index (Phi) is 6.11. The lowest BCUT2D eigenvalue weighted by molar-refractivity contribution is 0.0402. The van der Waals surface area contributed by atoms with Gasteiger partial charge in [0.2, 0.25) is 0 Å². The van der Waals surface area contributed by atoms with E-state index in [0.717, 1.165) is 0 Å². The normalized spacial score (nSPS) is 15.8. The topological polar surface area (TPSA) is 58.6 Å². The minimum absolute atomic E-state index is 0.0820. The van der Waals surface area contributed by atoms with Gasteiger partial charge in [0.1, 0.15) is 5.60 Å². The monoisotopic (exact) mass is 251 g/mol. The Balaban J connectivity index is 4.36. The van der Waals surface area contributed by atoms with Crippen LogP contribution in [0.2, 0.25) is 0 Å². The molecule has 0 saturated carbocycles. The average molecular weight is 252 g/mol. The number of hydrogen-bond donors (Lipinski definition) is 2. The maximum Gasteiger partial charge on any atom is 0.407 e. The quantitative estimate of drug-likeness (QED) is 0.753. The molecule has 0 aliphatic heterocycles. The lowest BCUT2D eigenvalue weighted by atomic mass is 10.00. The Labute approximate surface area is 102 Å². The van der Waals surface area contributed by atoms with Crippen LogP contribution in [0.1, 0.15) is 34.6 Å². The zero-order chi connectivity index (χ0) is 12.9. The summed E-state index contributed by atoms with van der Waals surface area (Å²) in [6.07, 6.45) is -1.30. The van der Waals surface area contributed by atoms with Gasteiger partial charge in [-0.1, -0.05) is 13.8 Å². The molecule has 0 saturated heterocycles. The highest BCUT2D eigenvalue weighted by atomic mass is 35.5. The summed E-state index contributed by atoms with van der Waals surface area (Å²) in [5.74, 6) is 0.166. The van der Waals surface area contributed by atoms with Gasteiger partial charge in [-0.15, -0.1) is 11.6 Å². The molecule has 0 aliphatic carbocycles. The molecule has 1 unspecified atom stereocenters. The first-order chi connectivity index (χ1) is 7.17. The number of amides is 1. The average Bonchev–Trinajstić information content (AvgIpc) is 2.09. The number of nitrogens with one attached hydrogen (secondary N) is 1. The lowest BCUT2D eigenvalue weighted by Gasteiger charge is -2.28. The summed E-state index contributed by atoms with van der Waals surface area (Å²) in [5, 5.41) is 12.3. The van der Waals surface area contributed by atoms with Crippen LogP contribution >= 0.6 is 11.6 Å². The van der Waals surface area contributed by atoms with E-state index in [2.05, 4.69) is 5.32 Å². The van der Waals surface area contributed by atoms with Gasteiger partial charge in [0.25, 0.3) is 0 Å². The summed E-state index contributed by atoms with van der Waals surface area (Å²) in [5.41, 5.74) is -0.544. The van der Waals surface area contributed by atoms with E-state index in [1.165, 1.54) is 0 Å². The van der Waals surface area contributed by atoms with E-state index >= 15 is 0 Å². The van der Waals surface area contributed by atoms with Gasteiger partial charge < -0.3 is 15.2 Å². The first-order valence-corrected chi connectivity index (χ1v) is 5.94. The first kappa shape index (κ1) is 15.5. The first-order valence-electron chi connectivity index (χ1n) is 5.41.